The van der Waals surface area contributed by atoms with Gasteiger partial charge in [-0.05, 0) is 62.9 Å². The fourth-order valence-corrected chi connectivity index (χ4v) is 3.24. The molecule has 0 saturated carbocycles. The Labute approximate surface area is 136 Å². The molecule has 0 aromatic heterocycles. The molecule has 1 heterocycles. The lowest BCUT2D eigenvalue weighted by Crippen LogP contribution is -2.37. The van der Waals surface area contributed by atoms with Gasteiger partial charge in [0, 0.05) is 22.5 Å². The molecule has 1 aromatic carbocycles. The summed E-state index contributed by atoms with van der Waals surface area (Å²) in [6.45, 7) is 4.05. The maximum atomic E-state index is 12.1. The van der Waals surface area contributed by atoms with Gasteiger partial charge in [0.25, 0.3) is 0 Å². The van der Waals surface area contributed by atoms with Crippen LogP contribution in [0.25, 0.3) is 0 Å². The van der Waals surface area contributed by atoms with Crippen molar-refractivity contribution in [3.63, 3.8) is 0 Å². The van der Waals surface area contributed by atoms with Gasteiger partial charge < -0.3 is 10.6 Å². The van der Waals surface area contributed by atoms with E-state index in [1.54, 1.807) is 6.07 Å². The van der Waals surface area contributed by atoms with Crippen LogP contribution in [0.2, 0.25) is 10.0 Å². The number of hydrogen-bond acceptors (Lipinski definition) is 2. The van der Waals surface area contributed by atoms with Crippen LogP contribution >= 0.6 is 23.2 Å². The Kier molecular flexibility index (Phi) is 6.34. The van der Waals surface area contributed by atoms with E-state index in [9.17, 15) is 4.79 Å². The molecule has 0 bridgehead atoms. The molecule has 1 aromatic rings. The van der Waals surface area contributed by atoms with Gasteiger partial charge in [0.05, 0.1) is 0 Å². The van der Waals surface area contributed by atoms with E-state index in [1.807, 2.05) is 19.1 Å². The van der Waals surface area contributed by atoms with Crippen molar-refractivity contribution < 1.29 is 4.79 Å². The SMILES string of the molecule is CC(Cc1ccc(Cl)cc1Cl)NC(=O)CC1CCNCC1. The summed E-state index contributed by atoms with van der Waals surface area (Å²) in [6.07, 6.45) is 3.52. The van der Waals surface area contributed by atoms with Crippen molar-refractivity contribution in [3.8, 4) is 0 Å². The van der Waals surface area contributed by atoms with Crippen LogP contribution in [0.15, 0.2) is 18.2 Å². The minimum absolute atomic E-state index is 0.0675. The molecule has 0 spiro atoms. The lowest BCUT2D eigenvalue weighted by Gasteiger charge is -2.23. The van der Waals surface area contributed by atoms with Gasteiger partial charge in [-0.2, -0.15) is 0 Å². The van der Waals surface area contributed by atoms with Gasteiger partial charge >= 0.3 is 0 Å². The number of benzene rings is 1. The molecule has 2 rings (SSSR count). The summed E-state index contributed by atoms with van der Waals surface area (Å²) in [7, 11) is 0. The summed E-state index contributed by atoms with van der Waals surface area (Å²) >= 11 is 12.0. The topological polar surface area (TPSA) is 41.1 Å². The van der Waals surface area contributed by atoms with Gasteiger partial charge in [0.15, 0.2) is 0 Å². The molecule has 3 nitrogen and oxygen atoms in total. The number of hydrogen-bond donors (Lipinski definition) is 2. The van der Waals surface area contributed by atoms with Gasteiger partial charge in [-0.3, -0.25) is 4.79 Å². The van der Waals surface area contributed by atoms with E-state index < -0.39 is 0 Å². The van der Waals surface area contributed by atoms with Crippen molar-refractivity contribution in [2.75, 3.05) is 13.1 Å². The smallest absolute Gasteiger partial charge is 0.220 e. The third kappa shape index (κ3) is 5.50. The number of rotatable bonds is 5. The van der Waals surface area contributed by atoms with Gasteiger partial charge in [-0.25, -0.2) is 0 Å². The van der Waals surface area contributed by atoms with Gasteiger partial charge in [0.1, 0.15) is 0 Å². The lowest BCUT2D eigenvalue weighted by atomic mass is 9.94. The second-order valence-electron chi connectivity index (χ2n) is 5.81. The number of carbonyl (C=O) groups is 1. The normalized spacial score (nSPS) is 17.5. The Balaban J connectivity index is 1.80. The molecule has 1 atom stereocenters. The van der Waals surface area contributed by atoms with Gasteiger partial charge in [-0.1, -0.05) is 29.3 Å². The number of halogens is 2. The zero-order chi connectivity index (χ0) is 15.2. The van der Waals surface area contributed by atoms with E-state index in [-0.39, 0.29) is 11.9 Å². The Bertz CT molecular complexity index is 487. The first-order valence-electron chi connectivity index (χ1n) is 7.48. The van der Waals surface area contributed by atoms with E-state index >= 15 is 0 Å². The van der Waals surface area contributed by atoms with E-state index in [0.29, 0.717) is 28.8 Å². The number of piperidine rings is 1. The minimum atomic E-state index is 0.0675. The van der Waals surface area contributed by atoms with Crippen LogP contribution in [0.3, 0.4) is 0 Å². The highest BCUT2D eigenvalue weighted by Crippen LogP contribution is 2.22. The second kappa shape index (κ2) is 8.02. The van der Waals surface area contributed by atoms with Crippen molar-refractivity contribution in [2.45, 2.75) is 38.6 Å². The summed E-state index contributed by atoms with van der Waals surface area (Å²) in [5.41, 5.74) is 1.01. The van der Waals surface area contributed by atoms with Crippen LogP contribution in [-0.4, -0.2) is 25.0 Å². The number of nitrogens with one attached hydrogen (secondary N) is 2. The number of carbonyl (C=O) groups excluding carboxylic acids is 1. The molecule has 21 heavy (non-hydrogen) atoms. The Morgan fingerprint density at radius 3 is 2.76 bits per heavy atom. The zero-order valence-corrected chi connectivity index (χ0v) is 13.8. The predicted octanol–water partition coefficient (Wildman–Crippen LogP) is 3.43. The average molecular weight is 329 g/mol. The summed E-state index contributed by atoms with van der Waals surface area (Å²) < 4.78 is 0. The molecule has 1 aliphatic heterocycles. The molecule has 1 aliphatic rings. The third-order valence-corrected chi connectivity index (χ3v) is 4.47. The van der Waals surface area contributed by atoms with Gasteiger partial charge in [-0.15, -0.1) is 0 Å². The van der Waals surface area contributed by atoms with E-state index in [2.05, 4.69) is 10.6 Å². The minimum Gasteiger partial charge on any atom is -0.353 e. The molecule has 5 heteroatoms. The van der Waals surface area contributed by atoms with Crippen molar-refractivity contribution in [1.82, 2.24) is 10.6 Å². The molecule has 1 unspecified atom stereocenters. The fraction of sp³-hybridized carbons (Fsp3) is 0.562. The monoisotopic (exact) mass is 328 g/mol. The number of amides is 1. The molecular formula is C16H22Cl2N2O. The summed E-state index contributed by atoms with van der Waals surface area (Å²) in [5, 5.41) is 7.67. The van der Waals surface area contributed by atoms with Crippen LogP contribution in [0.1, 0.15) is 31.7 Å². The fourth-order valence-electron chi connectivity index (χ4n) is 2.75. The quantitative estimate of drug-likeness (QED) is 0.869. The first-order chi connectivity index (χ1) is 10.0. The van der Waals surface area contributed by atoms with E-state index in [4.69, 9.17) is 23.2 Å². The van der Waals surface area contributed by atoms with Gasteiger partial charge in [0.2, 0.25) is 5.91 Å². The van der Waals surface area contributed by atoms with Crippen molar-refractivity contribution in [3.05, 3.63) is 33.8 Å². The maximum Gasteiger partial charge on any atom is 0.220 e. The summed E-state index contributed by atoms with van der Waals surface area (Å²) in [5.74, 6) is 0.650. The molecule has 2 N–H and O–H groups in total. The van der Waals surface area contributed by atoms with E-state index in [1.165, 1.54) is 0 Å². The second-order valence-corrected chi connectivity index (χ2v) is 6.65. The predicted molar refractivity (Wildman–Crippen MR) is 88.0 cm³/mol. The van der Waals surface area contributed by atoms with Crippen LogP contribution in [0.5, 0.6) is 0 Å². The molecule has 116 valence electrons. The highest BCUT2D eigenvalue weighted by molar-refractivity contribution is 6.35. The largest absolute Gasteiger partial charge is 0.353 e. The molecule has 0 radical (unpaired) electrons. The molecule has 0 aliphatic carbocycles. The first kappa shape index (κ1) is 16.6. The molecule has 1 amide bonds. The highest BCUT2D eigenvalue weighted by Gasteiger charge is 2.18. The Morgan fingerprint density at radius 1 is 1.38 bits per heavy atom. The standard InChI is InChI=1S/C16H22Cl2N2O/c1-11(8-13-2-3-14(17)10-15(13)18)20-16(21)9-12-4-6-19-7-5-12/h2-3,10-12,19H,4-9H2,1H3,(H,20,21). The molecule has 1 fully saturated rings. The summed E-state index contributed by atoms with van der Waals surface area (Å²) in [6, 6.07) is 5.55. The Morgan fingerprint density at radius 2 is 2.10 bits per heavy atom. The van der Waals surface area contributed by atoms with Crippen LogP contribution in [0, 0.1) is 5.92 Å². The van der Waals surface area contributed by atoms with Crippen LogP contribution in [-0.2, 0) is 11.2 Å². The summed E-state index contributed by atoms with van der Waals surface area (Å²) in [4.78, 5) is 12.1. The van der Waals surface area contributed by atoms with Crippen molar-refractivity contribution in [1.29, 1.82) is 0 Å². The highest BCUT2D eigenvalue weighted by atomic mass is 35.5. The molecule has 1 saturated heterocycles. The Hall–Kier alpha value is -0.770. The molecular weight excluding hydrogens is 307 g/mol. The van der Waals surface area contributed by atoms with Crippen molar-refractivity contribution in [2.24, 2.45) is 5.92 Å². The average Bonchev–Trinajstić information content (AvgIpc) is 2.43. The van der Waals surface area contributed by atoms with E-state index in [0.717, 1.165) is 31.5 Å². The lowest BCUT2D eigenvalue weighted by molar-refractivity contribution is -0.122. The van der Waals surface area contributed by atoms with Crippen LogP contribution < -0.4 is 10.6 Å². The third-order valence-electron chi connectivity index (χ3n) is 3.88. The van der Waals surface area contributed by atoms with Crippen LogP contribution in [0.4, 0.5) is 0 Å². The zero-order valence-electron chi connectivity index (χ0n) is 12.3. The van der Waals surface area contributed by atoms with Crippen molar-refractivity contribution >= 4 is 29.1 Å². The maximum absolute atomic E-state index is 12.1. The first-order valence-corrected chi connectivity index (χ1v) is 8.24.